The van der Waals surface area contributed by atoms with Crippen molar-refractivity contribution in [3.8, 4) is 0 Å². The number of hydrogen-bond donors (Lipinski definition) is 1. The van der Waals surface area contributed by atoms with Gasteiger partial charge in [0.25, 0.3) is 0 Å². The molecule has 16 heavy (non-hydrogen) atoms. The molecule has 2 N–H and O–H groups in total. The molecule has 1 aromatic rings. The average Bonchev–Trinajstić information content (AvgIpc) is 2.32. The van der Waals surface area contributed by atoms with Gasteiger partial charge in [-0.1, -0.05) is 0 Å². The molecule has 1 fully saturated rings. The Hall–Kier alpha value is -1.20. The predicted octanol–water partition coefficient (Wildman–Crippen LogP) is 0.549. The van der Waals surface area contributed by atoms with E-state index in [-0.39, 0.29) is 6.10 Å². The fourth-order valence-corrected chi connectivity index (χ4v) is 1.85. The number of aromatic nitrogens is 2. The van der Waals surface area contributed by atoms with E-state index >= 15 is 0 Å². The molecule has 1 aliphatic heterocycles. The van der Waals surface area contributed by atoms with Crippen LogP contribution in [0.5, 0.6) is 0 Å². The maximum atomic E-state index is 5.58. The van der Waals surface area contributed by atoms with Gasteiger partial charge in [-0.25, -0.2) is 4.98 Å². The van der Waals surface area contributed by atoms with Gasteiger partial charge in [0.2, 0.25) is 0 Å². The molecule has 88 valence electrons. The normalized spacial score (nSPS) is 25.8. The maximum absolute atomic E-state index is 5.58. The highest BCUT2D eigenvalue weighted by molar-refractivity contribution is 5.38. The maximum Gasteiger partial charge on any atom is 0.147 e. The van der Waals surface area contributed by atoms with Crippen LogP contribution in [0.2, 0.25) is 0 Å². The van der Waals surface area contributed by atoms with Gasteiger partial charge in [0.15, 0.2) is 0 Å². The van der Waals surface area contributed by atoms with Crippen molar-refractivity contribution in [2.75, 3.05) is 18.1 Å². The molecule has 2 heterocycles. The zero-order valence-electron chi connectivity index (χ0n) is 9.76. The summed E-state index contributed by atoms with van der Waals surface area (Å²) in [6.07, 6.45) is 3.73. The molecule has 1 aromatic heterocycles. The van der Waals surface area contributed by atoms with Crippen molar-refractivity contribution in [1.29, 1.82) is 0 Å². The van der Waals surface area contributed by atoms with E-state index < -0.39 is 0 Å². The molecule has 0 bridgehead atoms. The summed E-state index contributed by atoms with van der Waals surface area (Å²) < 4.78 is 5.58. The summed E-state index contributed by atoms with van der Waals surface area (Å²) in [6, 6.07) is 0.332. The summed E-state index contributed by atoms with van der Waals surface area (Å²) in [7, 11) is 0. The Morgan fingerprint density at radius 3 is 3.06 bits per heavy atom. The van der Waals surface area contributed by atoms with E-state index in [1.54, 1.807) is 12.4 Å². The van der Waals surface area contributed by atoms with Crippen molar-refractivity contribution in [3.63, 3.8) is 0 Å². The van der Waals surface area contributed by atoms with Gasteiger partial charge in [0, 0.05) is 19.3 Å². The minimum atomic E-state index is 0.236. The number of anilines is 1. The lowest BCUT2D eigenvalue weighted by Gasteiger charge is -2.37. The Balaban J connectivity index is 2.20. The number of hydrogen-bond acceptors (Lipinski definition) is 5. The minimum absolute atomic E-state index is 0.236. The minimum Gasteiger partial charge on any atom is -0.375 e. The monoisotopic (exact) mass is 222 g/mol. The van der Waals surface area contributed by atoms with E-state index in [0.717, 1.165) is 24.7 Å². The second-order valence-corrected chi connectivity index (χ2v) is 4.22. The lowest BCUT2D eigenvalue weighted by molar-refractivity contribution is 0.0340. The van der Waals surface area contributed by atoms with Crippen LogP contribution in [0.25, 0.3) is 0 Å². The third-order valence-corrected chi connectivity index (χ3v) is 2.78. The molecule has 0 aliphatic carbocycles. The first kappa shape index (κ1) is 11.3. The molecule has 5 heteroatoms. The second kappa shape index (κ2) is 4.76. The predicted molar refractivity (Wildman–Crippen MR) is 62.1 cm³/mol. The topological polar surface area (TPSA) is 64.3 Å². The van der Waals surface area contributed by atoms with Crippen LogP contribution in [-0.2, 0) is 11.3 Å². The van der Waals surface area contributed by atoms with Gasteiger partial charge in [-0.15, -0.1) is 0 Å². The van der Waals surface area contributed by atoms with Crippen LogP contribution in [0.15, 0.2) is 12.4 Å². The first-order valence-electron chi connectivity index (χ1n) is 5.60. The summed E-state index contributed by atoms with van der Waals surface area (Å²) in [5, 5.41) is 0. The van der Waals surface area contributed by atoms with Crippen LogP contribution >= 0.6 is 0 Å². The highest BCUT2D eigenvalue weighted by Crippen LogP contribution is 2.18. The lowest BCUT2D eigenvalue weighted by Crippen LogP contribution is -2.47. The number of morpholine rings is 1. The smallest absolute Gasteiger partial charge is 0.147 e. The van der Waals surface area contributed by atoms with E-state index in [2.05, 4.69) is 28.7 Å². The molecule has 1 saturated heterocycles. The Bertz CT molecular complexity index is 358. The molecule has 0 saturated carbocycles. The van der Waals surface area contributed by atoms with Gasteiger partial charge in [-0.05, 0) is 13.8 Å². The third kappa shape index (κ3) is 2.31. The van der Waals surface area contributed by atoms with Crippen molar-refractivity contribution in [1.82, 2.24) is 9.97 Å². The Morgan fingerprint density at radius 2 is 2.31 bits per heavy atom. The van der Waals surface area contributed by atoms with E-state index in [0.29, 0.717) is 12.6 Å². The summed E-state index contributed by atoms with van der Waals surface area (Å²) in [4.78, 5) is 10.9. The van der Waals surface area contributed by atoms with Gasteiger partial charge < -0.3 is 15.4 Å². The second-order valence-electron chi connectivity index (χ2n) is 4.22. The largest absolute Gasteiger partial charge is 0.375 e. The standard InChI is InChI=1S/C11H18N4O/c1-8-7-16-9(2)6-15(8)11-5-13-4-10(3-12)14-11/h4-5,8-9H,3,6-7,12H2,1-2H3. The van der Waals surface area contributed by atoms with Gasteiger partial charge in [0.1, 0.15) is 5.82 Å². The van der Waals surface area contributed by atoms with Crippen LogP contribution in [0.3, 0.4) is 0 Å². The number of rotatable bonds is 2. The molecule has 2 unspecified atom stereocenters. The van der Waals surface area contributed by atoms with Crippen molar-refractivity contribution in [2.24, 2.45) is 5.73 Å². The van der Waals surface area contributed by atoms with E-state index in [9.17, 15) is 0 Å². The SMILES string of the molecule is CC1CN(c2cncc(CN)n2)C(C)CO1. The fourth-order valence-electron chi connectivity index (χ4n) is 1.85. The van der Waals surface area contributed by atoms with Gasteiger partial charge >= 0.3 is 0 Å². The Morgan fingerprint density at radius 1 is 1.50 bits per heavy atom. The van der Waals surface area contributed by atoms with Crippen LogP contribution in [0.4, 0.5) is 5.82 Å². The van der Waals surface area contributed by atoms with Crippen LogP contribution in [0, 0.1) is 0 Å². The molecule has 0 aromatic carbocycles. The third-order valence-electron chi connectivity index (χ3n) is 2.78. The summed E-state index contributed by atoms with van der Waals surface area (Å²) >= 11 is 0. The number of nitrogens with two attached hydrogens (primary N) is 1. The van der Waals surface area contributed by atoms with Crippen molar-refractivity contribution in [3.05, 3.63) is 18.1 Å². The molecule has 0 amide bonds. The summed E-state index contributed by atoms with van der Waals surface area (Å²) in [5.41, 5.74) is 6.39. The zero-order chi connectivity index (χ0) is 11.5. The number of nitrogens with zero attached hydrogens (tertiary/aromatic N) is 3. The zero-order valence-corrected chi connectivity index (χ0v) is 9.76. The van der Waals surface area contributed by atoms with Crippen molar-refractivity contribution >= 4 is 5.82 Å². The highest BCUT2D eigenvalue weighted by atomic mass is 16.5. The van der Waals surface area contributed by atoms with Gasteiger partial charge in [0.05, 0.1) is 30.6 Å². The quantitative estimate of drug-likeness (QED) is 0.791. The molecular weight excluding hydrogens is 204 g/mol. The summed E-state index contributed by atoms with van der Waals surface area (Å²) in [6.45, 7) is 6.20. The van der Waals surface area contributed by atoms with E-state index in [4.69, 9.17) is 10.5 Å². The van der Waals surface area contributed by atoms with Gasteiger partial charge in [-0.2, -0.15) is 0 Å². The first-order chi connectivity index (χ1) is 7.70. The van der Waals surface area contributed by atoms with Crippen molar-refractivity contribution in [2.45, 2.75) is 32.5 Å². The van der Waals surface area contributed by atoms with Crippen molar-refractivity contribution < 1.29 is 4.74 Å². The molecule has 0 radical (unpaired) electrons. The molecule has 5 nitrogen and oxygen atoms in total. The van der Waals surface area contributed by atoms with E-state index in [1.807, 2.05) is 0 Å². The molecule has 0 spiro atoms. The Kier molecular flexibility index (Phi) is 3.36. The molecule has 2 atom stereocenters. The van der Waals surface area contributed by atoms with Crippen LogP contribution < -0.4 is 10.6 Å². The Labute approximate surface area is 95.6 Å². The lowest BCUT2D eigenvalue weighted by atomic mass is 10.2. The van der Waals surface area contributed by atoms with Crippen LogP contribution in [-0.4, -0.2) is 35.3 Å². The number of ether oxygens (including phenoxy) is 1. The average molecular weight is 222 g/mol. The van der Waals surface area contributed by atoms with Gasteiger partial charge in [-0.3, -0.25) is 4.98 Å². The molecular formula is C11H18N4O. The fraction of sp³-hybridized carbons (Fsp3) is 0.636. The van der Waals surface area contributed by atoms with E-state index in [1.165, 1.54) is 0 Å². The highest BCUT2D eigenvalue weighted by Gasteiger charge is 2.24. The van der Waals surface area contributed by atoms with Crippen LogP contribution in [0.1, 0.15) is 19.5 Å². The molecule has 2 rings (SSSR count). The summed E-state index contributed by atoms with van der Waals surface area (Å²) in [5.74, 6) is 0.894. The first-order valence-corrected chi connectivity index (χ1v) is 5.60. The molecule has 1 aliphatic rings.